The van der Waals surface area contributed by atoms with Gasteiger partial charge >= 0.3 is 0 Å². The Balaban J connectivity index is 2.53. The zero-order valence-electron chi connectivity index (χ0n) is 5.83. The molecule has 0 atom stereocenters. The first-order valence-corrected chi connectivity index (χ1v) is 5.22. The van der Waals surface area contributed by atoms with Crippen molar-refractivity contribution in [1.29, 1.82) is 0 Å². The molecule has 0 radical (unpaired) electrons. The van der Waals surface area contributed by atoms with Crippen molar-refractivity contribution >= 4 is 39.7 Å². The van der Waals surface area contributed by atoms with Gasteiger partial charge in [-0.2, -0.15) is 4.37 Å². The molecule has 0 spiro atoms. The molecule has 0 fully saturated rings. The second-order valence-corrected chi connectivity index (χ2v) is 3.70. The van der Waals surface area contributed by atoms with E-state index in [-0.39, 0.29) is 0 Å². The normalized spacial score (nSPS) is 15.2. The molecule has 0 N–H and O–H groups in total. The van der Waals surface area contributed by atoms with E-state index < -0.39 is 0 Å². The van der Waals surface area contributed by atoms with Gasteiger partial charge in [0.1, 0.15) is 0 Å². The van der Waals surface area contributed by atoms with Crippen LogP contribution in [0, 0.1) is 0 Å². The standard InChI is InChI=1S/C7H7BrN2S/c8-5-10-2-1-7-6(4-10)3-9-11-7/h1,3-4H,2,5H2. The van der Waals surface area contributed by atoms with Crippen molar-refractivity contribution < 1.29 is 0 Å². The van der Waals surface area contributed by atoms with Crippen molar-refractivity contribution in [3.63, 3.8) is 0 Å². The third-order valence-corrected chi connectivity index (χ3v) is 3.07. The fourth-order valence-electron chi connectivity index (χ4n) is 1.04. The SMILES string of the molecule is BrCN1C=c2cnsc2=CC1. The van der Waals surface area contributed by atoms with Crippen molar-refractivity contribution in [2.45, 2.75) is 0 Å². The summed E-state index contributed by atoms with van der Waals surface area (Å²) in [5.74, 6) is 0. The highest BCUT2D eigenvalue weighted by Gasteiger charge is 2.00. The second-order valence-electron chi connectivity index (χ2n) is 2.37. The number of halogens is 1. The molecule has 11 heavy (non-hydrogen) atoms. The number of hydrogen-bond donors (Lipinski definition) is 0. The Labute approximate surface area is 77.1 Å². The third-order valence-electron chi connectivity index (χ3n) is 1.61. The van der Waals surface area contributed by atoms with Gasteiger partial charge in [0.25, 0.3) is 0 Å². The second kappa shape index (κ2) is 2.95. The summed E-state index contributed by atoms with van der Waals surface area (Å²) in [6.07, 6.45) is 6.24. The smallest absolute Gasteiger partial charge is 0.0734 e. The molecule has 58 valence electrons. The van der Waals surface area contributed by atoms with E-state index in [0.29, 0.717) is 0 Å². The lowest BCUT2D eigenvalue weighted by atomic mass is 10.3. The van der Waals surface area contributed by atoms with E-state index in [0.717, 1.165) is 12.0 Å². The molecule has 1 aliphatic rings. The van der Waals surface area contributed by atoms with Gasteiger partial charge in [-0.1, -0.05) is 15.9 Å². The maximum atomic E-state index is 4.11. The molecule has 2 rings (SSSR count). The Kier molecular flexibility index (Phi) is 1.96. The highest BCUT2D eigenvalue weighted by Crippen LogP contribution is 1.96. The van der Waals surface area contributed by atoms with E-state index in [1.54, 1.807) is 11.5 Å². The number of alkyl halides is 1. The summed E-state index contributed by atoms with van der Waals surface area (Å²) in [6, 6.07) is 0. The van der Waals surface area contributed by atoms with Crippen molar-refractivity contribution in [1.82, 2.24) is 9.27 Å². The van der Waals surface area contributed by atoms with Crippen molar-refractivity contribution in [2.24, 2.45) is 0 Å². The fraction of sp³-hybridized carbons (Fsp3) is 0.286. The zero-order valence-corrected chi connectivity index (χ0v) is 8.23. The van der Waals surface area contributed by atoms with E-state index >= 15 is 0 Å². The molecule has 4 heteroatoms. The first kappa shape index (κ1) is 7.31. The van der Waals surface area contributed by atoms with E-state index in [1.165, 1.54) is 9.75 Å². The van der Waals surface area contributed by atoms with Gasteiger partial charge in [0, 0.05) is 24.2 Å². The first-order chi connectivity index (χ1) is 5.40. The van der Waals surface area contributed by atoms with Crippen LogP contribution in [0.1, 0.15) is 0 Å². The zero-order chi connectivity index (χ0) is 7.68. The number of fused-ring (bicyclic) bond motifs is 1. The highest BCUT2D eigenvalue weighted by molar-refractivity contribution is 9.09. The molecule has 0 unspecified atom stereocenters. The Morgan fingerprint density at radius 1 is 1.73 bits per heavy atom. The molecular formula is C7H7BrN2S. The van der Waals surface area contributed by atoms with E-state index in [2.05, 4.69) is 37.5 Å². The molecule has 1 aromatic rings. The van der Waals surface area contributed by atoms with Crippen LogP contribution in [0.15, 0.2) is 6.20 Å². The summed E-state index contributed by atoms with van der Waals surface area (Å²) in [6.45, 7) is 0.987. The van der Waals surface area contributed by atoms with Gasteiger partial charge < -0.3 is 4.90 Å². The predicted octanol–water partition coefficient (Wildman–Crippen LogP) is 0.330. The summed E-state index contributed by atoms with van der Waals surface area (Å²) < 4.78 is 5.40. The molecule has 0 bridgehead atoms. The molecule has 2 nitrogen and oxygen atoms in total. The molecule has 0 aliphatic carbocycles. The van der Waals surface area contributed by atoms with Crippen LogP contribution in [0.3, 0.4) is 0 Å². The topological polar surface area (TPSA) is 16.1 Å². The summed E-state index contributed by atoms with van der Waals surface area (Å²) >= 11 is 4.97. The predicted molar refractivity (Wildman–Crippen MR) is 50.8 cm³/mol. The number of hydrogen-bond acceptors (Lipinski definition) is 3. The highest BCUT2D eigenvalue weighted by atomic mass is 79.9. The lowest BCUT2D eigenvalue weighted by Gasteiger charge is -2.15. The van der Waals surface area contributed by atoms with Crippen LogP contribution in [0.25, 0.3) is 12.3 Å². The van der Waals surface area contributed by atoms with Gasteiger partial charge in [0.05, 0.1) is 9.99 Å². The molecule has 0 saturated carbocycles. The number of aromatic nitrogens is 1. The summed E-state index contributed by atoms with van der Waals surface area (Å²) in [7, 11) is 0. The monoisotopic (exact) mass is 230 g/mol. The van der Waals surface area contributed by atoms with Crippen LogP contribution in [0.4, 0.5) is 0 Å². The average molecular weight is 231 g/mol. The maximum Gasteiger partial charge on any atom is 0.0734 e. The van der Waals surface area contributed by atoms with Crippen molar-refractivity contribution in [2.75, 3.05) is 12.0 Å². The molecular weight excluding hydrogens is 224 g/mol. The minimum absolute atomic E-state index is 0.888. The van der Waals surface area contributed by atoms with E-state index in [1.807, 2.05) is 6.20 Å². The molecule has 0 amide bonds. The van der Waals surface area contributed by atoms with Crippen molar-refractivity contribution in [3.8, 4) is 0 Å². The average Bonchev–Trinajstić information content (AvgIpc) is 2.50. The molecule has 0 saturated heterocycles. The minimum Gasteiger partial charge on any atom is -0.363 e. The fourth-order valence-corrected chi connectivity index (χ4v) is 2.03. The lowest BCUT2D eigenvalue weighted by Crippen LogP contribution is -2.31. The Bertz CT molecular complexity index is 357. The summed E-state index contributed by atoms with van der Waals surface area (Å²) in [5, 5.41) is 1.24. The molecule has 2 heterocycles. The molecule has 0 aromatic carbocycles. The third kappa shape index (κ3) is 1.32. The number of rotatable bonds is 1. The number of nitrogens with zero attached hydrogens (tertiary/aromatic N) is 2. The Morgan fingerprint density at radius 2 is 2.64 bits per heavy atom. The quantitative estimate of drug-likeness (QED) is 0.511. The summed E-state index contributed by atoms with van der Waals surface area (Å²) in [4.78, 5) is 2.19. The molecule has 1 aliphatic heterocycles. The Hall–Kier alpha value is -0.350. The Morgan fingerprint density at radius 3 is 3.45 bits per heavy atom. The van der Waals surface area contributed by atoms with Gasteiger partial charge in [-0.25, -0.2) is 0 Å². The van der Waals surface area contributed by atoms with E-state index in [9.17, 15) is 0 Å². The lowest BCUT2D eigenvalue weighted by molar-refractivity contribution is 0.549. The van der Waals surface area contributed by atoms with Gasteiger partial charge in [-0.3, -0.25) is 0 Å². The van der Waals surface area contributed by atoms with Gasteiger partial charge in [0.15, 0.2) is 0 Å². The van der Waals surface area contributed by atoms with Gasteiger partial charge in [0.2, 0.25) is 0 Å². The minimum atomic E-state index is 0.888. The van der Waals surface area contributed by atoms with Gasteiger partial charge in [-0.15, -0.1) is 0 Å². The van der Waals surface area contributed by atoms with Crippen LogP contribution in [0.2, 0.25) is 0 Å². The summed E-state index contributed by atoms with van der Waals surface area (Å²) in [5.41, 5.74) is 0.888. The van der Waals surface area contributed by atoms with Crippen molar-refractivity contribution in [3.05, 3.63) is 15.9 Å². The first-order valence-electron chi connectivity index (χ1n) is 3.33. The van der Waals surface area contributed by atoms with Crippen LogP contribution < -0.4 is 9.75 Å². The van der Waals surface area contributed by atoms with Crippen LogP contribution in [-0.4, -0.2) is 21.3 Å². The molecule has 1 aromatic heterocycles. The maximum absolute atomic E-state index is 4.11. The van der Waals surface area contributed by atoms with E-state index in [4.69, 9.17) is 0 Å². The largest absolute Gasteiger partial charge is 0.363 e. The van der Waals surface area contributed by atoms with Crippen LogP contribution in [-0.2, 0) is 0 Å². The van der Waals surface area contributed by atoms with Crippen LogP contribution >= 0.6 is 27.5 Å². The van der Waals surface area contributed by atoms with Gasteiger partial charge in [-0.05, 0) is 17.6 Å². The van der Waals surface area contributed by atoms with Crippen LogP contribution in [0.5, 0.6) is 0 Å².